The van der Waals surface area contributed by atoms with E-state index in [0.717, 1.165) is 22.3 Å². The van der Waals surface area contributed by atoms with Crippen molar-refractivity contribution in [3.8, 4) is 16.9 Å². The first-order chi connectivity index (χ1) is 13.0. The molecule has 4 heteroatoms. The quantitative estimate of drug-likeness (QED) is 0.611. The summed E-state index contributed by atoms with van der Waals surface area (Å²) in [5.74, 6) is -0.452. The van der Waals surface area contributed by atoms with Gasteiger partial charge in [0.05, 0.1) is 0 Å². The number of benzene rings is 3. The summed E-state index contributed by atoms with van der Waals surface area (Å²) in [6.07, 6.45) is 0.584. The molecule has 0 heterocycles. The molecule has 0 saturated heterocycles. The molecular weight excluding hydrogens is 343 g/mol. The Balaban J connectivity index is 1.73. The lowest BCUT2D eigenvalue weighted by molar-refractivity contribution is -0.136. The predicted molar refractivity (Wildman–Crippen MR) is 103 cm³/mol. The van der Waals surface area contributed by atoms with E-state index in [2.05, 4.69) is 0 Å². The predicted octanol–water partition coefficient (Wildman–Crippen LogP) is 5.40. The third-order valence-corrected chi connectivity index (χ3v) is 4.38. The van der Waals surface area contributed by atoms with Crippen LogP contribution in [0.15, 0.2) is 66.7 Å². The maximum atomic E-state index is 13.8. The third-order valence-electron chi connectivity index (χ3n) is 4.38. The number of hydrogen-bond donors (Lipinski definition) is 1. The van der Waals surface area contributed by atoms with Crippen LogP contribution in [0, 0.1) is 12.7 Å². The molecule has 0 aliphatic rings. The highest BCUT2D eigenvalue weighted by molar-refractivity contribution is 5.68. The van der Waals surface area contributed by atoms with E-state index >= 15 is 0 Å². The molecule has 0 atom stereocenters. The number of ether oxygens (including phenoxy) is 1. The minimum Gasteiger partial charge on any atom is -0.489 e. The molecule has 3 aromatic rings. The lowest BCUT2D eigenvalue weighted by Crippen LogP contribution is -2.00. The third kappa shape index (κ3) is 5.17. The summed E-state index contributed by atoms with van der Waals surface area (Å²) in [6, 6.07) is 20.1. The van der Waals surface area contributed by atoms with Gasteiger partial charge < -0.3 is 9.84 Å². The molecule has 0 fully saturated rings. The molecule has 0 bridgehead atoms. The highest BCUT2D eigenvalue weighted by Gasteiger charge is 2.08. The van der Waals surface area contributed by atoms with E-state index in [9.17, 15) is 9.18 Å². The SMILES string of the molecule is Cc1ccc(-c2ccc(F)cc2COc2ccc(CCC(=O)O)cc2)cc1. The summed E-state index contributed by atoms with van der Waals surface area (Å²) in [6.45, 7) is 2.27. The van der Waals surface area contributed by atoms with Gasteiger partial charge >= 0.3 is 5.97 Å². The van der Waals surface area contributed by atoms with Gasteiger partial charge in [0.15, 0.2) is 0 Å². The van der Waals surface area contributed by atoms with Crippen molar-refractivity contribution < 1.29 is 19.0 Å². The van der Waals surface area contributed by atoms with Gasteiger partial charge in [0.2, 0.25) is 0 Å². The van der Waals surface area contributed by atoms with Crippen LogP contribution in [0.25, 0.3) is 11.1 Å². The van der Waals surface area contributed by atoms with Crippen molar-refractivity contribution in [3.05, 3.63) is 89.2 Å². The molecule has 27 heavy (non-hydrogen) atoms. The summed E-state index contributed by atoms with van der Waals surface area (Å²) in [7, 11) is 0. The van der Waals surface area contributed by atoms with Gasteiger partial charge in [-0.25, -0.2) is 4.39 Å². The Morgan fingerprint density at radius 3 is 2.37 bits per heavy atom. The molecule has 0 amide bonds. The summed E-state index contributed by atoms with van der Waals surface area (Å²) in [5.41, 5.74) is 4.84. The smallest absolute Gasteiger partial charge is 0.303 e. The first-order valence-electron chi connectivity index (χ1n) is 8.80. The number of aliphatic carboxylic acids is 1. The summed E-state index contributed by atoms with van der Waals surface area (Å²) < 4.78 is 19.6. The fourth-order valence-electron chi connectivity index (χ4n) is 2.86. The van der Waals surface area contributed by atoms with Gasteiger partial charge in [-0.05, 0) is 59.9 Å². The molecule has 0 radical (unpaired) electrons. The van der Waals surface area contributed by atoms with Crippen molar-refractivity contribution in [1.82, 2.24) is 0 Å². The average Bonchev–Trinajstić information content (AvgIpc) is 2.66. The molecule has 0 unspecified atom stereocenters. The van der Waals surface area contributed by atoms with E-state index in [-0.39, 0.29) is 18.8 Å². The Labute approximate surface area is 158 Å². The molecular formula is C23H21FO3. The van der Waals surface area contributed by atoms with Crippen LogP contribution in [0.1, 0.15) is 23.1 Å². The fraction of sp³-hybridized carbons (Fsp3) is 0.174. The molecule has 3 aromatic carbocycles. The van der Waals surface area contributed by atoms with Crippen LogP contribution >= 0.6 is 0 Å². The van der Waals surface area contributed by atoms with E-state index in [4.69, 9.17) is 9.84 Å². The Morgan fingerprint density at radius 2 is 1.70 bits per heavy atom. The van der Waals surface area contributed by atoms with Crippen molar-refractivity contribution in [2.75, 3.05) is 0 Å². The van der Waals surface area contributed by atoms with Gasteiger partial charge in [0.1, 0.15) is 18.2 Å². The highest BCUT2D eigenvalue weighted by atomic mass is 19.1. The number of halogens is 1. The fourth-order valence-corrected chi connectivity index (χ4v) is 2.86. The zero-order valence-electron chi connectivity index (χ0n) is 15.1. The second-order valence-electron chi connectivity index (χ2n) is 6.49. The van der Waals surface area contributed by atoms with Crippen LogP contribution in [-0.4, -0.2) is 11.1 Å². The molecule has 0 aliphatic carbocycles. The van der Waals surface area contributed by atoms with Crippen LogP contribution in [0.4, 0.5) is 4.39 Å². The average molecular weight is 364 g/mol. The van der Waals surface area contributed by atoms with Crippen molar-refractivity contribution in [2.24, 2.45) is 0 Å². The lowest BCUT2D eigenvalue weighted by atomic mass is 9.99. The van der Waals surface area contributed by atoms with Crippen molar-refractivity contribution in [2.45, 2.75) is 26.4 Å². The Morgan fingerprint density at radius 1 is 1.00 bits per heavy atom. The van der Waals surface area contributed by atoms with Crippen LogP contribution in [0.2, 0.25) is 0 Å². The standard InChI is InChI=1S/C23H21FO3/c1-16-2-7-18(8-3-16)22-12-9-20(24)14-19(22)15-27-21-10-4-17(5-11-21)6-13-23(25)26/h2-5,7-12,14H,6,13,15H2,1H3,(H,25,26). The van der Waals surface area contributed by atoms with Gasteiger partial charge in [-0.1, -0.05) is 48.0 Å². The molecule has 0 aliphatic heterocycles. The van der Waals surface area contributed by atoms with Gasteiger partial charge in [-0.15, -0.1) is 0 Å². The molecule has 0 spiro atoms. The minimum atomic E-state index is -0.815. The summed E-state index contributed by atoms with van der Waals surface area (Å²) >= 11 is 0. The van der Waals surface area contributed by atoms with Crippen LogP contribution in [0.5, 0.6) is 5.75 Å². The first kappa shape index (κ1) is 18.6. The summed E-state index contributed by atoms with van der Waals surface area (Å²) in [4.78, 5) is 10.6. The monoisotopic (exact) mass is 364 g/mol. The Hall–Kier alpha value is -3.14. The number of carbonyl (C=O) groups is 1. The second-order valence-corrected chi connectivity index (χ2v) is 6.49. The maximum Gasteiger partial charge on any atom is 0.303 e. The number of rotatable bonds is 7. The van der Waals surface area contributed by atoms with Gasteiger partial charge in [0.25, 0.3) is 0 Å². The van der Waals surface area contributed by atoms with Crippen LogP contribution in [0.3, 0.4) is 0 Å². The van der Waals surface area contributed by atoms with Gasteiger partial charge in [-0.2, -0.15) is 0 Å². The summed E-state index contributed by atoms with van der Waals surface area (Å²) in [5, 5.41) is 8.74. The highest BCUT2D eigenvalue weighted by Crippen LogP contribution is 2.26. The zero-order valence-corrected chi connectivity index (χ0v) is 15.1. The van der Waals surface area contributed by atoms with Crippen LogP contribution < -0.4 is 4.74 Å². The van der Waals surface area contributed by atoms with Crippen molar-refractivity contribution >= 4 is 5.97 Å². The van der Waals surface area contributed by atoms with E-state index in [1.165, 1.54) is 17.7 Å². The molecule has 0 saturated carbocycles. The first-order valence-corrected chi connectivity index (χ1v) is 8.80. The minimum absolute atomic E-state index is 0.101. The number of aryl methyl sites for hydroxylation is 2. The van der Waals surface area contributed by atoms with Crippen LogP contribution in [-0.2, 0) is 17.8 Å². The Bertz CT molecular complexity index is 915. The topological polar surface area (TPSA) is 46.5 Å². The molecule has 3 rings (SSSR count). The normalized spacial score (nSPS) is 10.6. The molecule has 1 N–H and O–H groups in total. The van der Waals surface area contributed by atoms with Gasteiger partial charge in [-0.3, -0.25) is 4.79 Å². The van der Waals surface area contributed by atoms with Gasteiger partial charge in [0, 0.05) is 6.42 Å². The Kier molecular flexibility index (Phi) is 5.87. The van der Waals surface area contributed by atoms with E-state index in [0.29, 0.717) is 12.2 Å². The second kappa shape index (κ2) is 8.49. The van der Waals surface area contributed by atoms with E-state index in [1.807, 2.05) is 55.5 Å². The lowest BCUT2D eigenvalue weighted by Gasteiger charge is -2.12. The number of carboxylic acids is 1. The van der Waals surface area contributed by atoms with Crippen molar-refractivity contribution in [1.29, 1.82) is 0 Å². The van der Waals surface area contributed by atoms with E-state index < -0.39 is 5.97 Å². The van der Waals surface area contributed by atoms with E-state index in [1.54, 1.807) is 6.07 Å². The largest absolute Gasteiger partial charge is 0.489 e. The molecule has 3 nitrogen and oxygen atoms in total. The zero-order chi connectivity index (χ0) is 19.2. The molecule has 0 aromatic heterocycles. The number of carboxylic acid groups (broad SMARTS) is 1. The number of hydrogen-bond acceptors (Lipinski definition) is 2. The van der Waals surface area contributed by atoms with Crippen molar-refractivity contribution in [3.63, 3.8) is 0 Å². The molecule has 138 valence electrons. The maximum absolute atomic E-state index is 13.8.